The van der Waals surface area contributed by atoms with Crippen LogP contribution in [-0.4, -0.2) is 37.8 Å². The first kappa shape index (κ1) is 15.5. The number of nitrogens with one attached hydrogen (secondary N) is 1. The second kappa shape index (κ2) is 7.81. The van der Waals surface area contributed by atoms with E-state index in [1.165, 1.54) is 6.42 Å². The lowest BCUT2D eigenvalue weighted by atomic mass is 10.2. The third-order valence-electron chi connectivity index (χ3n) is 3.52. The molecule has 0 saturated carbocycles. The van der Waals surface area contributed by atoms with Crippen LogP contribution in [0.3, 0.4) is 0 Å². The zero-order chi connectivity index (χ0) is 14.4. The highest BCUT2D eigenvalue weighted by atomic mass is 35.5. The van der Waals surface area contributed by atoms with Gasteiger partial charge < -0.3 is 15.0 Å². The van der Waals surface area contributed by atoms with Gasteiger partial charge >= 0.3 is 0 Å². The molecule has 20 heavy (non-hydrogen) atoms. The van der Waals surface area contributed by atoms with Crippen molar-refractivity contribution in [2.24, 2.45) is 0 Å². The molecule has 112 valence electrons. The van der Waals surface area contributed by atoms with E-state index in [4.69, 9.17) is 16.3 Å². The fraction of sp³-hybridized carbons (Fsp3) is 0.667. The number of rotatable bonds is 7. The van der Waals surface area contributed by atoms with Crippen LogP contribution in [0.2, 0.25) is 5.02 Å². The molecule has 1 N–H and O–H groups in total. The number of hydrogen-bond donors (Lipinski definition) is 1. The summed E-state index contributed by atoms with van der Waals surface area (Å²) < 4.78 is 5.67. The third-order valence-corrected chi connectivity index (χ3v) is 3.86. The number of halogens is 1. The van der Waals surface area contributed by atoms with Gasteiger partial charge in [-0.3, -0.25) is 0 Å². The number of pyridine rings is 1. The van der Waals surface area contributed by atoms with Gasteiger partial charge in [-0.05, 0) is 37.9 Å². The summed E-state index contributed by atoms with van der Waals surface area (Å²) in [5, 5.41) is 4.07. The van der Waals surface area contributed by atoms with Crippen LogP contribution in [0.5, 0.6) is 0 Å². The molecular formula is C15H24ClN3O. The highest BCUT2D eigenvalue weighted by molar-refractivity contribution is 6.31. The van der Waals surface area contributed by atoms with E-state index >= 15 is 0 Å². The number of hydrogen-bond acceptors (Lipinski definition) is 4. The predicted molar refractivity (Wildman–Crippen MR) is 83.5 cm³/mol. The molecule has 0 aliphatic carbocycles. The zero-order valence-corrected chi connectivity index (χ0v) is 13.1. The summed E-state index contributed by atoms with van der Waals surface area (Å²) in [6.45, 7) is 5.62. The Morgan fingerprint density at radius 2 is 2.35 bits per heavy atom. The molecule has 1 fully saturated rings. The quantitative estimate of drug-likeness (QED) is 0.785. The molecule has 1 atom stereocenters. The van der Waals surface area contributed by atoms with Gasteiger partial charge in [-0.15, -0.1) is 0 Å². The number of aromatic nitrogens is 1. The summed E-state index contributed by atoms with van der Waals surface area (Å²) in [7, 11) is 2.06. The lowest BCUT2D eigenvalue weighted by molar-refractivity contribution is 0.116. The Labute approximate surface area is 126 Å². The van der Waals surface area contributed by atoms with Crippen molar-refractivity contribution >= 4 is 17.4 Å². The lowest BCUT2D eigenvalue weighted by Gasteiger charge is -2.22. The predicted octanol–water partition coefficient (Wildman–Crippen LogP) is 2.85. The van der Waals surface area contributed by atoms with Crippen LogP contribution in [0, 0.1) is 0 Å². The van der Waals surface area contributed by atoms with Crippen LogP contribution in [-0.2, 0) is 11.3 Å². The molecule has 1 aliphatic heterocycles. The summed E-state index contributed by atoms with van der Waals surface area (Å²) in [6, 6.07) is 3.90. The highest BCUT2D eigenvalue weighted by Gasteiger charge is 2.18. The molecule has 2 heterocycles. The van der Waals surface area contributed by atoms with Crippen LogP contribution in [0.15, 0.2) is 12.1 Å². The Kier molecular flexibility index (Phi) is 6.07. The minimum absolute atomic E-state index is 0.333. The molecule has 0 bridgehead atoms. The molecule has 0 aromatic carbocycles. The standard InChI is InChI=1S/C15H24ClN3O/c1-3-8-17-10-14-13(16)6-7-15(18-14)19(2)11-12-5-4-9-20-12/h6-7,12,17H,3-5,8-11H2,1-2H3. The van der Waals surface area contributed by atoms with Gasteiger partial charge in [0, 0.05) is 26.7 Å². The number of ether oxygens (including phenoxy) is 1. The van der Waals surface area contributed by atoms with Gasteiger partial charge in [0.05, 0.1) is 16.8 Å². The van der Waals surface area contributed by atoms with E-state index in [2.05, 4.69) is 29.2 Å². The maximum Gasteiger partial charge on any atom is 0.128 e. The van der Waals surface area contributed by atoms with Crippen molar-refractivity contribution in [3.8, 4) is 0 Å². The van der Waals surface area contributed by atoms with E-state index in [-0.39, 0.29) is 0 Å². The second-order valence-corrected chi connectivity index (χ2v) is 5.70. The molecule has 0 spiro atoms. The minimum atomic E-state index is 0.333. The first-order chi connectivity index (χ1) is 9.70. The Morgan fingerprint density at radius 3 is 3.05 bits per heavy atom. The van der Waals surface area contributed by atoms with Crippen LogP contribution in [0.1, 0.15) is 31.9 Å². The summed E-state index contributed by atoms with van der Waals surface area (Å²) >= 11 is 6.20. The van der Waals surface area contributed by atoms with Crippen LogP contribution in [0.25, 0.3) is 0 Å². The van der Waals surface area contributed by atoms with Crippen LogP contribution < -0.4 is 10.2 Å². The van der Waals surface area contributed by atoms with Gasteiger partial charge in [-0.25, -0.2) is 4.98 Å². The fourth-order valence-electron chi connectivity index (χ4n) is 2.38. The van der Waals surface area contributed by atoms with E-state index in [0.29, 0.717) is 12.6 Å². The molecule has 1 aliphatic rings. The molecule has 1 aromatic rings. The minimum Gasteiger partial charge on any atom is -0.376 e. The second-order valence-electron chi connectivity index (χ2n) is 5.29. The molecule has 1 unspecified atom stereocenters. The lowest BCUT2D eigenvalue weighted by Crippen LogP contribution is -2.29. The van der Waals surface area contributed by atoms with Gasteiger partial charge in [0.15, 0.2) is 0 Å². The molecule has 2 rings (SSSR count). The van der Waals surface area contributed by atoms with Crippen molar-refractivity contribution in [3.05, 3.63) is 22.8 Å². The molecule has 4 nitrogen and oxygen atoms in total. The Balaban J connectivity index is 1.97. The molecule has 0 amide bonds. The third kappa shape index (κ3) is 4.33. The van der Waals surface area contributed by atoms with Crippen molar-refractivity contribution < 1.29 is 4.74 Å². The van der Waals surface area contributed by atoms with Gasteiger partial charge in [-0.2, -0.15) is 0 Å². The molecule has 0 radical (unpaired) electrons. The maximum atomic E-state index is 6.20. The van der Waals surface area contributed by atoms with E-state index in [9.17, 15) is 0 Å². The van der Waals surface area contributed by atoms with Gasteiger partial charge in [0.2, 0.25) is 0 Å². The van der Waals surface area contributed by atoms with Crippen molar-refractivity contribution in [1.82, 2.24) is 10.3 Å². The van der Waals surface area contributed by atoms with Crippen LogP contribution >= 0.6 is 11.6 Å². The van der Waals surface area contributed by atoms with Crippen molar-refractivity contribution in [2.75, 3.05) is 31.6 Å². The van der Waals surface area contributed by atoms with Crippen LogP contribution in [0.4, 0.5) is 5.82 Å². The Hall–Kier alpha value is -0.840. The molecule has 1 aromatic heterocycles. The molecular weight excluding hydrogens is 274 g/mol. The Morgan fingerprint density at radius 1 is 1.50 bits per heavy atom. The summed E-state index contributed by atoms with van der Waals surface area (Å²) in [5.74, 6) is 0.957. The first-order valence-corrected chi connectivity index (χ1v) is 7.77. The van der Waals surface area contributed by atoms with Gasteiger partial charge in [0.1, 0.15) is 5.82 Å². The van der Waals surface area contributed by atoms with E-state index in [0.717, 1.165) is 49.1 Å². The number of anilines is 1. The smallest absolute Gasteiger partial charge is 0.128 e. The van der Waals surface area contributed by atoms with E-state index < -0.39 is 0 Å². The summed E-state index contributed by atoms with van der Waals surface area (Å²) in [6.07, 6.45) is 3.75. The zero-order valence-electron chi connectivity index (χ0n) is 12.4. The van der Waals surface area contributed by atoms with Crippen molar-refractivity contribution in [3.63, 3.8) is 0 Å². The number of likely N-dealkylation sites (N-methyl/N-ethyl adjacent to an activating group) is 1. The first-order valence-electron chi connectivity index (χ1n) is 7.39. The normalized spacial score (nSPS) is 18.4. The SMILES string of the molecule is CCCNCc1nc(N(C)CC2CCCO2)ccc1Cl. The molecule has 1 saturated heterocycles. The largest absolute Gasteiger partial charge is 0.376 e. The summed E-state index contributed by atoms with van der Waals surface area (Å²) in [5.41, 5.74) is 0.914. The maximum absolute atomic E-state index is 6.20. The number of nitrogens with zero attached hydrogens (tertiary/aromatic N) is 2. The van der Waals surface area contributed by atoms with Gasteiger partial charge in [0.25, 0.3) is 0 Å². The van der Waals surface area contributed by atoms with Crippen molar-refractivity contribution in [1.29, 1.82) is 0 Å². The van der Waals surface area contributed by atoms with Crippen molar-refractivity contribution in [2.45, 2.75) is 38.8 Å². The summed E-state index contributed by atoms with van der Waals surface area (Å²) in [4.78, 5) is 6.81. The monoisotopic (exact) mass is 297 g/mol. The average Bonchev–Trinajstić information content (AvgIpc) is 2.94. The topological polar surface area (TPSA) is 37.4 Å². The van der Waals surface area contributed by atoms with E-state index in [1.54, 1.807) is 0 Å². The average molecular weight is 298 g/mol. The van der Waals surface area contributed by atoms with Gasteiger partial charge in [-0.1, -0.05) is 18.5 Å². The van der Waals surface area contributed by atoms with E-state index in [1.807, 2.05) is 12.1 Å². The fourth-order valence-corrected chi connectivity index (χ4v) is 2.55. The highest BCUT2D eigenvalue weighted by Crippen LogP contribution is 2.20. The Bertz CT molecular complexity index is 422. The molecule has 5 heteroatoms.